The van der Waals surface area contributed by atoms with Gasteiger partial charge in [-0.2, -0.15) is 0 Å². The second-order valence-corrected chi connectivity index (χ2v) is 10.2. The molecule has 2 atom stereocenters. The number of unbranched alkanes of at least 4 members (excludes halogenated alkanes) is 1. The molecular weight excluding hydrogens is 490 g/mol. The zero-order valence-electron chi connectivity index (χ0n) is 23.0. The van der Waals surface area contributed by atoms with Crippen LogP contribution in [-0.2, 0) is 17.0 Å². The summed E-state index contributed by atoms with van der Waals surface area (Å²) in [7, 11) is 0. The number of aromatic nitrogens is 1. The van der Waals surface area contributed by atoms with Gasteiger partial charge in [0.1, 0.15) is 6.04 Å². The average molecular weight is 526 g/mol. The number of carbonyl (C=O) groups excluding carboxylic acids is 1. The number of ketones is 1. The Kier molecular flexibility index (Phi) is 7.21. The molecule has 39 heavy (non-hydrogen) atoms. The van der Waals surface area contributed by atoms with Gasteiger partial charge >= 0.3 is 5.97 Å². The smallest absolute Gasteiger partial charge is 0.326 e. The lowest BCUT2D eigenvalue weighted by molar-refractivity contribution is -0.140. The highest BCUT2D eigenvalue weighted by Gasteiger charge is 2.43. The number of hydrogen-bond donors (Lipinski definition) is 1. The van der Waals surface area contributed by atoms with Crippen LogP contribution in [0.1, 0.15) is 85.2 Å². The van der Waals surface area contributed by atoms with E-state index in [9.17, 15) is 14.7 Å². The van der Waals surface area contributed by atoms with Gasteiger partial charge in [0.05, 0.1) is 5.56 Å². The first-order valence-electron chi connectivity index (χ1n) is 13.8. The third-order valence-corrected chi connectivity index (χ3v) is 7.78. The third kappa shape index (κ3) is 4.58. The van der Waals surface area contributed by atoms with Gasteiger partial charge in [0.2, 0.25) is 0 Å². The van der Waals surface area contributed by atoms with Crippen molar-refractivity contribution in [1.82, 2.24) is 4.57 Å². The lowest BCUT2D eigenvalue weighted by atomic mass is 9.98. The summed E-state index contributed by atoms with van der Waals surface area (Å²) in [5.41, 5.74) is 4.56. The second-order valence-electron chi connectivity index (χ2n) is 10.2. The second kappa shape index (κ2) is 10.6. The molecule has 2 heterocycles. The van der Waals surface area contributed by atoms with E-state index in [0.29, 0.717) is 41.2 Å². The Balaban J connectivity index is 1.54. The molecular formula is C33H35NO5. The van der Waals surface area contributed by atoms with Crippen molar-refractivity contribution in [3.05, 3.63) is 94.7 Å². The highest BCUT2D eigenvalue weighted by atomic mass is 16.7. The Labute approximate surface area is 229 Å². The predicted octanol–water partition coefficient (Wildman–Crippen LogP) is 7.59. The van der Waals surface area contributed by atoms with E-state index in [1.54, 1.807) is 22.8 Å². The fraction of sp³-hybridized carbons (Fsp3) is 0.333. The van der Waals surface area contributed by atoms with Crippen LogP contribution in [0.4, 0.5) is 0 Å². The van der Waals surface area contributed by atoms with Gasteiger partial charge in [-0.25, -0.2) is 4.79 Å². The van der Waals surface area contributed by atoms with Gasteiger partial charge in [0.25, 0.3) is 5.79 Å². The minimum atomic E-state index is -0.936. The first-order valence-corrected chi connectivity index (χ1v) is 13.8. The third-order valence-electron chi connectivity index (χ3n) is 7.78. The Morgan fingerprint density at radius 2 is 1.67 bits per heavy atom. The summed E-state index contributed by atoms with van der Waals surface area (Å²) in [6.07, 6.45) is 3.98. The summed E-state index contributed by atoms with van der Waals surface area (Å²) < 4.78 is 14.8. The highest BCUT2D eigenvalue weighted by molar-refractivity contribution is 6.18. The van der Waals surface area contributed by atoms with Gasteiger partial charge in [0.15, 0.2) is 17.3 Å². The van der Waals surface area contributed by atoms with E-state index < -0.39 is 17.8 Å². The molecule has 202 valence electrons. The van der Waals surface area contributed by atoms with E-state index in [2.05, 4.69) is 38.1 Å². The summed E-state index contributed by atoms with van der Waals surface area (Å²) in [6.45, 7) is 7.93. The summed E-state index contributed by atoms with van der Waals surface area (Å²) in [4.78, 5) is 26.0. The van der Waals surface area contributed by atoms with Crippen LogP contribution < -0.4 is 9.47 Å². The Morgan fingerprint density at radius 3 is 2.33 bits per heavy atom. The van der Waals surface area contributed by atoms with Gasteiger partial charge in [-0.15, -0.1) is 0 Å². The molecule has 0 saturated carbocycles. The SMILES string of the molecule is CCCCC1(c2ccc(CC)cc2)Oc2ccc(C(=O)c3c(C)n(C(CC)C(=O)O)c4ccccc34)cc2O1. The maximum atomic E-state index is 14.0. The quantitative estimate of drug-likeness (QED) is 0.216. The molecule has 0 spiro atoms. The first kappa shape index (κ1) is 26.5. The zero-order valence-corrected chi connectivity index (χ0v) is 23.0. The van der Waals surface area contributed by atoms with Crippen molar-refractivity contribution in [2.24, 2.45) is 0 Å². The van der Waals surface area contributed by atoms with Crippen LogP contribution in [-0.4, -0.2) is 21.4 Å². The van der Waals surface area contributed by atoms with Gasteiger partial charge in [-0.3, -0.25) is 4.79 Å². The van der Waals surface area contributed by atoms with Crippen molar-refractivity contribution in [2.75, 3.05) is 0 Å². The highest BCUT2D eigenvalue weighted by Crippen LogP contribution is 2.47. The number of ether oxygens (including phenoxy) is 2. The summed E-state index contributed by atoms with van der Waals surface area (Å²) >= 11 is 0. The number of benzene rings is 3. The van der Waals surface area contributed by atoms with Gasteiger partial charge in [-0.05, 0) is 56.0 Å². The Hall–Kier alpha value is -4.06. The largest absolute Gasteiger partial charge is 0.480 e. The van der Waals surface area contributed by atoms with Crippen LogP contribution in [0.15, 0.2) is 66.7 Å². The number of hydrogen-bond acceptors (Lipinski definition) is 4. The van der Waals surface area contributed by atoms with E-state index in [1.165, 1.54) is 5.56 Å². The molecule has 0 amide bonds. The van der Waals surface area contributed by atoms with Crippen molar-refractivity contribution in [2.45, 2.75) is 71.6 Å². The number of nitrogens with zero attached hydrogens (tertiary/aromatic N) is 1. The van der Waals surface area contributed by atoms with Crippen LogP contribution in [0.5, 0.6) is 11.5 Å². The summed E-state index contributed by atoms with van der Waals surface area (Å²) in [5.74, 6) is -0.881. The predicted molar refractivity (Wildman–Crippen MR) is 152 cm³/mol. The van der Waals surface area contributed by atoms with Crippen LogP contribution in [0.3, 0.4) is 0 Å². The number of carbonyl (C=O) groups is 2. The van der Waals surface area contributed by atoms with Crippen molar-refractivity contribution in [1.29, 1.82) is 0 Å². The molecule has 1 aromatic heterocycles. The van der Waals surface area contributed by atoms with Gasteiger partial charge in [0, 0.05) is 34.1 Å². The number of aryl methyl sites for hydroxylation is 1. The van der Waals surface area contributed by atoms with E-state index in [4.69, 9.17) is 9.47 Å². The van der Waals surface area contributed by atoms with E-state index >= 15 is 0 Å². The summed E-state index contributed by atoms with van der Waals surface area (Å²) in [5, 5.41) is 10.6. The minimum Gasteiger partial charge on any atom is -0.480 e. The number of rotatable bonds is 10. The van der Waals surface area contributed by atoms with E-state index in [1.807, 2.05) is 38.1 Å². The molecule has 0 aliphatic carbocycles. The fourth-order valence-electron chi connectivity index (χ4n) is 5.65. The number of fused-ring (bicyclic) bond motifs is 2. The van der Waals surface area contributed by atoms with Crippen molar-refractivity contribution < 1.29 is 24.2 Å². The Morgan fingerprint density at radius 1 is 0.949 bits per heavy atom. The number of para-hydroxylation sites is 1. The fourth-order valence-corrected chi connectivity index (χ4v) is 5.65. The van der Waals surface area contributed by atoms with Gasteiger partial charge in [-0.1, -0.05) is 69.7 Å². The monoisotopic (exact) mass is 525 g/mol. The molecule has 0 radical (unpaired) electrons. The molecule has 0 bridgehead atoms. The lowest BCUT2D eigenvalue weighted by Crippen LogP contribution is -2.35. The topological polar surface area (TPSA) is 77.8 Å². The molecule has 4 aromatic rings. The van der Waals surface area contributed by atoms with E-state index in [-0.39, 0.29) is 5.78 Å². The maximum absolute atomic E-state index is 14.0. The van der Waals surface area contributed by atoms with Crippen LogP contribution in [0.25, 0.3) is 10.9 Å². The average Bonchev–Trinajstić information content (AvgIpc) is 3.47. The Bertz CT molecular complexity index is 1530. The normalized spacial score (nSPS) is 16.9. The minimum absolute atomic E-state index is 0.174. The van der Waals surface area contributed by atoms with Crippen LogP contribution >= 0.6 is 0 Å². The number of carboxylic acids is 1. The maximum Gasteiger partial charge on any atom is 0.326 e. The number of aliphatic carboxylic acids is 1. The molecule has 6 nitrogen and oxygen atoms in total. The lowest BCUT2D eigenvalue weighted by Gasteiger charge is -2.28. The van der Waals surface area contributed by atoms with Crippen molar-refractivity contribution >= 4 is 22.7 Å². The molecule has 6 heteroatoms. The van der Waals surface area contributed by atoms with Crippen LogP contribution in [0, 0.1) is 6.92 Å². The first-order chi connectivity index (χ1) is 18.8. The molecule has 0 fully saturated rings. The number of carboxylic acid groups (broad SMARTS) is 1. The van der Waals surface area contributed by atoms with E-state index in [0.717, 1.165) is 35.7 Å². The molecule has 1 aliphatic rings. The molecule has 3 aromatic carbocycles. The molecule has 1 N–H and O–H groups in total. The zero-order chi connectivity index (χ0) is 27.7. The van der Waals surface area contributed by atoms with Crippen LogP contribution in [0.2, 0.25) is 0 Å². The molecule has 1 aliphatic heterocycles. The standard InChI is InChI=1S/C33H35NO5/c1-5-8-19-33(24-16-13-22(6-2)14-17-24)38-28-18-15-23(20-29(28)39-33)31(35)30-21(4)34(26(7-3)32(36)37)27-12-10-9-11-25(27)30/h9-18,20,26H,5-8,19H2,1-4H3,(H,36,37). The summed E-state index contributed by atoms with van der Waals surface area (Å²) in [6, 6.07) is 20.4. The molecule has 5 rings (SSSR count). The van der Waals surface area contributed by atoms with Crippen molar-refractivity contribution in [3.63, 3.8) is 0 Å². The van der Waals surface area contributed by atoms with Gasteiger partial charge < -0.3 is 19.1 Å². The van der Waals surface area contributed by atoms with Crippen molar-refractivity contribution in [3.8, 4) is 11.5 Å². The molecule has 2 unspecified atom stereocenters. The molecule has 0 saturated heterocycles.